The van der Waals surface area contributed by atoms with Gasteiger partial charge in [-0.1, -0.05) is 26.3 Å². The molecule has 0 bridgehead atoms. The van der Waals surface area contributed by atoms with E-state index in [0.717, 1.165) is 11.5 Å². The van der Waals surface area contributed by atoms with Crippen LogP contribution in [0.25, 0.3) is 0 Å². The molecule has 112 valence electrons. The van der Waals surface area contributed by atoms with E-state index >= 15 is 0 Å². The van der Waals surface area contributed by atoms with Crippen LogP contribution in [0, 0.1) is 17.7 Å². The van der Waals surface area contributed by atoms with Gasteiger partial charge in [0.1, 0.15) is 0 Å². The van der Waals surface area contributed by atoms with Crippen molar-refractivity contribution in [2.24, 2.45) is 11.8 Å². The van der Waals surface area contributed by atoms with Crippen molar-refractivity contribution in [1.29, 1.82) is 0 Å². The molecule has 4 unspecified atom stereocenters. The zero-order chi connectivity index (χ0) is 14.7. The topological polar surface area (TPSA) is 21.3 Å². The lowest BCUT2D eigenvalue weighted by atomic mass is 9.79. The number of hydrogen-bond acceptors (Lipinski definition) is 2. The van der Waals surface area contributed by atoms with Crippen LogP contribution in [-0.4, -0.2) is 13.2 Å². The highest BCUT2D eigenvalue weighted by molar-refractivity contribution is 5.30. The molecular weight excluding hydrogens is 253 g/mol. The third-order valence-electron chi connectivity index (χ3n) is 4.60. The minimum absolute atomic E-state index is 0.160. The Kier molecular flexibility index (Phi) is 5.03. The molecule has 0 aromatic heterocycles. The van der Waals surface area contributed by atoms with Gasteiger partial charge in [-0.05, 0) is 49.3 Å². The molecular formula is C17H26FNO. The average Bonchev–Trinajstić information content (AvgIpc) is 2.42. The predicted octanol–water partition coefficient (Wildman–Crippen LogP) is 4.31. The second-order valence-electron chi connectivity index (χ2n) is 6.28. The molecule has 0 amide bonds. The Labute approximate surface area is 121 Å². The Bertz CT molecular complexity index is 449. The van der Waals surface area contributed by atoms with Crippen LogP contribution in [0.2, 0.25) is 0 Å². The van der Waals surface area contributed by atoms with Crippen molar-refractivity contribution in [1.82, 2.24) is 5.32 Å². The first-order chi connectivity index (χ1) is 9.51. The molecule has 2 nitrogen and oxygen atoms in total. The van der Waals surface area contributed by atoms with Crippen molar-refractivity contribution in [3.05, 3.63) is 29.6 Å². The van der Waals surface area contributed by atoms with E-state index in [1.165, 1.54) is 26.4 Å². The number of halogens is 1. The molecule has 4 atom stereocenters. The summed E-state index contributed by atoms with van der Waals surface area (Å²) < 4.78 is 18.7. The van der Waals surface area contributed by atoms with E-state index < -0.39 is 0 Å². The summed E-state index contributed by atoms with van der Waals surface area (Å²) >= 11 is 0. The van der Waals surface area contributed by atoms with Crippen LogP contribution in [0.1, 0.15) is 51.6 Å². The summed E-state index contributed by atoms with van der Waals surface area (Å²) in [6.45, 7) is 6.73. The Morgan fingerprint density at radius 3 is 2.70 bits per heavy atom. The van der Waals surface area contributed by atoms with Crippen LogP contribution >= 0.6 is 0 Å². The zero-order valence-corrected chi connectivity index (χ0v) is 12.9. The zero-order valence-electron chi connectivity index (χ0n) is 12.9. The molecule has 1 fully saturated rings. The lowest BCUT2D eigenvalue weighted by molar-refractivity contribution is 0.216. The smallest absolute Gasteiger partial charge is 0.165 e. The van der Waals surface area contributed by atoms with Gasteiger partial charge in [-0.15, -0.1) is 0 Å². The van der Waals surface area contributed by atoms with E-state index in [-0.39, 0.29) is 11.9 Å². The second kappa shape index (κ2) is 6.57. The molecule has 0 heterocycles. The van der Waals surface area contributed by atoms with Gasteiger partial charge in [0.15, 0.2) is 11.6 Å². The van der Waals surface area contributed by atoms with Crippen molar-refractivity contribution < 1.29 is 9.13 Å². The summed E-state index contributed by atoms with van der Waals surface area (Å²) in [5.41, 5.74) is 0.980. The number of hydrogen-bond donors (Lipinski definition) is 1. The minimum atomic E-state index is -0.288. The molecule has 20 heavy (non-hydrogen) atoms. The van der Waals surface area contributed by atoms with Gasteiger partial charge < -0.3 is 10.1 Å². The molecule has 1 aromatic rings. The van der Waals surface area contributed by atoms with Gasteiger partial charge >= 0.3 is 0 Å². The summed E-state index contributed by atoms with van der Waals surface area (Å²) in [5, 5.41) is 3.67. The van der Waals surface area contributed by atoms with Crippen LogP contribution < -0.4 is 10.1 Å². The van der Waals surface area contributed by atoms with Gasteiger partial charge in [-0.3, -0.25) is 0 Å². The fourth-order valence-corrected chi connectivity index (χ4v) is 3.13. The predicted molar refractivity (Wildman–Crippen MR) is 80.5 cm³/mol. The number of rotatable bonds is 4. The quantitative estimate of drug-likeness (QED) is 0.886. The largest absolute Gasteiger partial charge is 0.494 e. The van der Waals surface area contributed by atoms with Crippen molar-refractivity contribution in [2.45, 2.75) is 52.1 Å². The molecule has 2 rings (SSSR count). The van der Waals surface area contributed by atoms with Gasteiger partial charge in [-0.2, -0.15) is 0 Å². The van der Waals surface area contributed by atoms with Crippen molar-refractivity contribution >= 4 is 0 Å². The van der Waals surface area contributed by atoms with Crippen LogP contribution in [0.4, 0.5) is 4.39 Å². The molecule has 0 aliphatic heterocycles. The molecule has 0 saturated heterocycles. The normalized spacial score (nSPS) is 28.1. The summed E-state index contributed by atoms with van der Waals surface area (Å²) in [5.74, 6) is 1.49. The molecule has 3 heteroatoms. The highest BCUT2D eigenvalue weighted by Gasteiger charge is 2.26. The maximum atomic E-state index is 13.8. The first-order valence-electron chi connectivity index (χ1n) is 7.60. The molecule has 0 radical (unpaired) electrons. The number of methoxy groups -OCH3 is 1. The summed E-state index contributed by atoms with van der Waals surface area (Å²) in [7, 11) is 1.49. The van der Waals surface area contributed by atoms with E-state index in [1.54, 1.807) is 12.1 Å². The monoisotopic (exact) mass is 279 g/mol. The van der Waals surface area contributed by atoms with Gasteiger partial charge in [0, 0.05) is 12.1 Å². The first-order valence-corrected chi connectivity index (χ1v) is 7.60. The number of benzene rings is 1. The van der Waals surface area contributed by atoms with Gasteiger partial charge in [0.05, 0.1) is 7.11 Å². The molecule has 1 aliphatic carbocycles. The highest BCUT2D eigenvalue weighted by Crippen LogP contribution is 2.30. The van der Waals surface area contributed by atoms with Gasteiger partial charge in [0.2, 0.25) is 0 Å². The number of nitrogens with one attached hydrogen (secondary N) is 1. The Hall–Kier alpha value is -1.09. The Balaban J connectivity index is 2.03. The molecule has 1 saturated carbocycles. The van der Waals surface area contributed by atoms with Crippen molar-refractivity contribution in [2.75, 3.05) is 7.11 Å². The summed E-state index contributed by atoms with van der Waals surface area (Å²) in [6, 6.07) is 5.91. The van der Waals surface area contributed by atoms with Crippen molar-refractivity contribution in [3.8, 4) is 5.75 Å². The average molecular weight is 279 g/mol. The van der Waals surface area contributed by atoms with Crippen LogP contribution in [0.5, 0.6) is 5.75 Å². The van der Waals surface area contributed by atoms with Gasteiger partial charge in [0.25, 0.3) is 0 Å². The molecule has 1 aliphatic rings. The lowest BCUT2D eigenvalue weighted by Crippen LogP contribution is -2.40. The fourth-order valence-electron chi connectivity index (χ4n) is 3.13. The Morgan fingerprint density at radius 1 is 1.30 bits per heavy atom. The highest BCUT2D eigenvalue weighted by atomic mass is 19.1. The SMILES string of the molecule is COc1ccc(C(C)NC2CC(C)CCC2C)cc1F. The molecule has 1 N–H and O–H groups in total. The van der Waals surface area contributed by atoms with E-state index in [0.29, 0.717) is 17.7 Å². The summed E-state index contributed by atoms with van der Waals surface area (Å²) in [6.07, 6.45) is 3.82. The fraction of sp³-hybridized carbons (Fsp3) is 0.647. The third-order valence-corrected chi connectivity index (χ3v) is 4.60. The van der Waals surface area contributed by atoms with Crippen LogP contribution in [-0.2, 0) is 0 Å². The van der Waals surface area contributed by atoms with Crippen LogP contribution in [0.3, 0.4) is 0 Å². The van der Waals surface area contributed by atoms with E-state index in [1.807, 2.05) is 6.07 Å². The van der Waals surface area contributed by atoms with E-state index in [4.69, 9.17) is 4.74 Å². The number of ether oxygens (including phenoxy) is 1. The Morgan fingerprint density at radius 2 is 2.05 bits per heavy atom. The molecule has 0 spiro atoms. The van der Waals surface area contributed by atoms with E-state index in [2.05, 4.69) is 26.1 Å². The maximum absolute atomic E-state index is 13.8. The van der Waals surface area contributed by atoms with Crippen molar-refractivity contribution in [3.63, 3.8) is 0 Å². The van der Waals surface area contributed by atoms with Gasteiger partial charge in [-0.25, -0.2) is 4.39 Å². The second-order valence-corrected chi connectivity index (χ2v) is 6.28. The minimum Gasteiger partial charge on any atom is -0.494 e. The van der Waals surface area contributed by atoms with E-state index in [9.17, 15) is 4.39 Å². The van der Waals surface area contributed by atoms with Crippen LogP contribution in [0.15, 0.2) is 18.2 Å². The first kappa shape index (κ1) is 15.3. The lowest BCUT2D eigenvalue weighted by Gasteiger charge is -2.35. The third kappa shape index (κ3) is 3.51. The molecule has 1 aromatic carbocycles. The standard InChI is InChI=1S/C17H26FNO/c1-11-5-6-12(2)16(9-11)19-13(3)14-7-8-17(20-4)15(18)10-14/h7-8,10-13,16,19H,5-6,9H2,1-4H3. The maximum Gasteiger partial charge on any atom is 0.165 e. The summed E-state index contributed by atoms with van der Waals surface area (Å²) in [4.78, 5) is 0.